The molecule has 2 aliphatic heterocycles. The number of nitrogens with zero attached hydrogens (tertiary/aromatic N) is 2. The van der Waals surface area contributed by atoms with Gasteiger partial charge in [0, 0.05) is 49.6 Å². The summed E-state index contributed by atoms with van der Waals surface area (Å²) < 4.78 is 2.27. The van der Waals surface area contributed by atoms with E-state index in [-0.39, 0.29) is 5.43 Å². The normalized spacial score (nSPS) is 29.9. The zero-order valence-electron chi connectivity index (χ0n) is 9.02. The minimum atomic E-state index is 0.146. The van der Waals surface area contributed by atoms with Crippen LogP contribution < -0.4 is 5.43 Å². The molecule has 1 fully saturated rings. The molecular formula is C12H16N2O. The van der Waals surface area contributed by atoms with Crippen LogP contribution in [0.4, 0.5) is 0 Å². The predicted molar refractivity (Wildman–Crippen MR) is 59.0 cm³/mol. The van der Waals surface area contributed by atoms with Crippen molar-refractivity contribution in [2.75, 3.05) is 20.1 Å². The molecule has 0 radical (unpaired) electrons. The molecule has 3 nitrogen and oxygen atoms in total. The van der Waals surface area contributed by atoms with Gasteiger partial charge in [-0.2, -0.15) is 0 Å². The highest BCUT2D eigenvalue weighted by molar-refractivity contribution is 5.16. The molecule has 0 aliphatic carbocycles. The van der Waals surface area contributed by atoms with Gasteiger partial charge >= 0.3 is 0 Å². The van der Waals surface area contributed by atoms with Gasteiger partial charge in [-0.05, 0) is 19.4 Å². The molecule has 1 saturated heterocycles. The molecule has 3 heteroatoms. The molecule has 0 saturated carbocycles. The van der Waals surface area contributed by atoms with Gasteiger partial charge in [0.1, 0.15) is 0 Å². The quantitative estimate of drug-likeness (QED) is 0.627. The van der Waals surface area contributed by atoms with Gasteiger partial charge in [-0.3, -0.25) is 4.79 Å². The summed E-state index contributed by atoms with van der Waals surface area (Å²) in [6.45, 7) is 3.37. The van der Waals surface area contributed by atoms with Gasteiger partial charge in [0.2, 0.25) is 0 Å². The van der Waals surface area contributed by atoms with Gasteiger partial charge in [0.05, 0.1) is 0 Å². The number of aromatic nitrogens is 1. The van der Waals surface area contributed by atoms with Crippen LogP contribution in [0.1, 0.15) is 18.0 Å². The van der Waals surface area contributed by atoms with E-state index in [0.29, 0.717) is 5.92 Å². The second-order valence-electron chi connectivity index (χ2n) is 4.96. The van der Waals surface area contributed by atoms with Gasteiger partial charge in [0.25, 0.3) is 0 Å². The van der Waals surface area contributed by atoms with Crippen LogP contribution in [0, 0.1) is 5.92 Å². The Hall–Kier alpha value is -1.09. The van der Waals surface area contributed by atoms with Gasteiger partial charge < -0.3 is 9.47 Å². The summed E-state index contributed by atoms with van der Waals surface area (Å²) in [5.74, 6) is 1.33. The fraction of sp³-hybridized carbons (Fsp3) is 0.583. The van der Waals surface area contributed by atoms with Crippen LogP contribution in [0.3, 0.4) is 0 Å². The van der Waals surface area contributed by atoms with Crippen molar-refractivity contribution in [3.8, 4) is 0 Å². The Bertz CT molecular complexity index is 437. The third-order valence-electron chi connectivity index (χ3n) is 3.63. The van der Waals surface area contributed by atoms with Crippen LogP contribution in [0.5, 0.6) is 0 Å². The Morgan fingerprint density at radius 2 is 2.20 bits per heavy atom. The lowest BCUT2D eigenvalue weighted by Gasteiger charge is -2.41. The summed E-state index contributed by atoms with van der Waals surface area (Å²) in [5, 5.41) is 0. The molecule has 1 aromatic heterocycles. The van der Waals surface area contributed by atoms with Crippen molar-refractivity contribution in [3.05, 3.63) is 34.2 Å². The van der Waals surface area contributed by atoms with Crippen molar-refractivity contribution in [3.63, 3.8) is 0 Å². The van der Waals surface area contributed by atoms with Crippen molar-refractivity contribution >= 4 is 0 Å². The zero-order valence-corrected chi connectivity index (χ0v) is 9.02. The van der Waals surface area contributed by atoms with Crippen molar-refractivity contribution in [2.24, 2.45) is 5.92 Å². The highest BCUT2D eigenvalue weighted by Crippen LogP contribution is 2.34. The first kappa shape index (κ1) is 9.16. The smallest absolute Gasteiger partial charge is 0.181 e. The number of piperidine rings is 1. The first-order valence-electron chi connectivity index (χ1n) is 5.61. The highest BCUT2D eigenvalue weighted by Gasteiger charge is 2.32. The van der Waals surface area contributed by atoms with Crippen LogP contribution in [-0.4, -0.2) is 29.6 Å². The van der Waals surface area contributed by atoms with Crippen LogP contribution in [-0.2, 0) is 6.54 Å². The average Bonchev–Trinajstić information content (AvgIpc) is 2.19. The predicted octanol–water partition coefficient (Wildman–Crippen LogP) is 0.897. The molecule has 2 atom stereocenters. The van der Waals surface area contributed by atoms with E-state index in [4.69, 9.17) is 0 Å². The van der Waals surface area contributed by atoms with E-state index in [2.05, 4.69) is 16.5 Å². The maximum atomic E-state index is 11.4. The third-order valence-corrected chi connectivity index (χ3v) is 3.63. The van der Waals surface area contributed by atoms with E-state index in [1.807, 2.05) is 12.3 Å². The van der Waals surface area contributed by atoms with Crippen LogP contribution in [0.15, 0.2) is 23.1 Å². The molecule has 0 amide bonds. The zero-order chi connectivity index (χ0) is 10.4. The topological polar surface area (TPSA) is 25.2 Å². The number of pyridine rings is 1. The van der Waals surface area contributed by atoms with E-state index in [9.17, 15) is 4.79 Å². The summed E-state index contributed by atoms with van der Waals surface area (Å²) >= 11 is 0. The summed E-state index contributed by atoms with van der Waals surface area (Å²) in [4.78, 5) is 13.7. The van der Waals surface area contributed by atoms with E-state index in [1.54, 1.807) is 6.07 Å². The SMILES string of the molecule is CN1CC2CC(C1)c1cc(=O)ccn1C2. The average molecular weight is 204 g/mol. The molecule has 0 N–H and O–H groups in total. The first-order valence-corrected chi connectivity index (χ1v) is 5.61. The number of rotatable bonds is 0. The van der Waals surface area contributed by atoms with Crippen molar-refractivity contribution < 1.29 is 0 Å². The molecule has 80 valence electrons. The number of likely N-dealkylation sites (tertiary alicyclic amines) is 1. The maximum absolute atomic E-state index is 11.4. The summed E-state index contributed by atoms with van der Waals surface area (Å²) in [6, 6.07) is 3.49. The largest absolute Gasteiger partial charge is 0.350 e. The van der Waals surface area contributed by atoms with E-state index in [0.717, 1.165) is 19.0 Å². The summed E-state index contributed by atoms with van der Waals surface area (Å²) in [7, 11) is 2.18. The van der Waals surface area contributed by atoms with Crippen molar-refractivity contribution in [1.29, 1.82) is 0 Å². The molecule has 2 bridgehead atoms. The van der Waals surface area contributed by atoms with Gasteiger partial charge in [-0.15, -0.1) is 0 Å². The Balaban J connectivity index is 2.06. The number of hydrogen-bond acceptors (Lipinski definition) is 2. The molecule has 3 heterocycles. The van der Waals surface area contributed by atoms with Crippen LogP contribution in [0.2, 0.25) is 0 Å². The fourth-order valence-electron chi connectivity index (χ4n) is 3.11. The third kappa shape index (κ3) is 1.51. The van der Waals surface area contributed by atoms with Crippen LogP contribution in [0.25, 0.3) is 0 Å². The molecule has 1 aromatic rings. The molecule has 15 heavy (non-hydrogen) atoms. The second kappa shape index (κ2) is 3.20. The van der Waals surface area contributed by atoms with Crippen molar-refractivity contribution in [2.45, 2.75) is 18.9 Å². The minimum absolute atomic E-state index is 0.146. The van der Waals surface area contributed by atoms with E-state index >= 15 is 0 Å². The Kier molecular flexibility index (Phi) is 1.96. The molecule has 0 aromatic carbocycles. The lowest BCUT2D eigenvalue weighted by molar-refractivity contribution is 0.146. The fourth-order valence-corrected chi connectivity index (χ4v) is 3.11. The molecular weight excluding hydrogens is 188 g/mol. The monoisotopic (exact) mass is 204 g/mol. The van der Waals surface area contributed by atoms with Crippen LogP contribution >= 0.6 is 0 Å². The lowest BCUT2D eigenvalue weighted by atomic mass is 9.83. The second-order valence-corrected chi connectivity index (χ2v) is 4.96. The van der Waals surface area contributed by atoms with E-state index < -0.39 is 0 Å². The summed E-state index contributed by atoms with van der Waals surface area (Å²) in [6.07, 6.45) is 3.22. The van der Waals surface area contributed by atoms with Gasteiger partial charge in [0.15, 0.2) is 5.43 Å². The number of hydrogen-bond donors (Lipinski definition) is 0. The maximum Gasteiger partial charge on any atom is 0.181 e. The Morgan fingerprint density at radius 3 is 3.07 bits per heavy atom. The minimum Gasteiger partial charge on any atom is -0.350 e. The molecule has 2 unspecified atom stereocenters. The molecule has 3 rings (SSSR count). The number of fused-ring (bicyclic) bond motifs is 4. The van der Waals surface area contributed by atoms with Crippen molar-refractivity contribution in [1.82, 2.24) is 9.47 Å². The molecule has 0 spiro atoms. The molecule has 2 aliphatic rings. The Morgan fingerprint density at radius 1 is 1.33 bits per heavy atom. The Labute approximate surface area is 89.3 Å². The highest BCUT2D eigenvalue weighted by atomic mass is 16.1. The van der Waals surface area contributed by atoms with Gasteiger partial charge in [-0.1, -0.05) is 0 Å². The lowest BCUT2D eigenvalue weighted by Crippen LogP contribution is -2.43. The number of likely N-dealkylation sites (N-methyl/N-ethyl adjacent to an activating group) is 1. The van der Waals surface area contributed by atoms with Gasteiger partial charge in [-0.25, -0.2) is 0 Å². The van der Waals surface area contributed by atoms with E-state index in [1.165, 1.54) is 18.7 Å². The first-order chi connectivity index (χ1) is 7.22. The standard InChI is InChI=1S/C12H16N2O/c1-13-6-9-4-10(8-13)12-5-11(15)2-3-14(12)7-9/h2-3,5,9-10H,4,6-8H2,1H3. The summed E-state index contributed by atoms with van der Waals surface area (Å²) in [5.41, 5.74) is 1.39.